The number of hydrogen-bond acceptors (Lipinski definition) is 10. The Morgan fingerprint density at radius 3 is 1.43 bits per heavy atom. The van der Waals surface area contributed by atoms with Crippen LogP contribution in [-0.4, -0.2) is 81.6 Å². The Bertz CT molecular complexity index is 1230. The predicted molar refractivity (Wildman–Crippen MR) is 115 cm³/mol. The molecular formula is C20H26N4O11. The van der Waals surface area contributed by atoms with E-state index < -0.39 is 71.6 Å². The smallest absolute Gasteiger partial charge is 0.330 e. The van der Waals surface area contributed by atoms with E-state index in [-0.39, 0.29) is 31.2 Å². The number of fused-ring (bicyclic) bond motifs is 8. The second kappa shape index (κ2) is 9.27. The summed E-state index contributed by atoms with van der Waals surface area (Å²) >= 11 is 0. The first-order chi connectivity index (χ1) is 16.1. The number of hydrogen-bond donors (Lipinski definition) is 6. The molecule has 6 heterocycles. The quantitative estimate of drug-likeness (QED) is 0.203. The Morgan fingerprint density at radius 1 is 0.686 bits per heavy atom. The lowest BCUT2D eigenvalue weighted by Gasteiger charge is -2.19. The second-order valence-corrected chi connectivity index (χ2v) is 8.86. The summed E-state index contributed by atoms with van der Waals surface area (Å²) in [6, 6.07) is 2.56. The molecule has 15 nitrogen and oxygen atoms in total. The average Bonchev–Trinajstić information content (AvgIpc) is 3.21. The molecule has 192 valence electrons. The summed E-state index contributed by atoms with van der Waals surface area (Å²) < 4.78 is 13.5. The standard InChI is InChI=1S/2C10H12N2O5.H2O/c2*13-5-1-4-2-7(15)11-10(16)12(4)8-3-6(14)9(5)17-8;/h2*2,5-6,8-9,13-14H,1,3H2,(H,11,15,16);1H2/t2*5-,6-,8+,9+;/m00./s1. The van der Waals surface area contributed by atoms with Gasteiger partial charge < -0.3 is 35.4 Å². The first-order valence-electron chi connectivity index (χ1n) is 10.8. The van der Waals surface area contributed by atoms with Gasteiger partial charge >= 0.3 is 11.4 Å². The van der Waals surface area contributed by atoms with Gasteiger partial charge in [0.25, 0.3) is 11.1 Å². The molecule has 4 aliphatic heterocycles. The summed E-state index contributed by atoms with van der Waals surface area (Å²) in [6.45, 7) is 0. The van der Waals surface area contributed by atoms with Gasteiger partial charge in [-0.05, 0) is 0 Å². The molecule has 2 aromatic rings. The van der Waals surface area contributed by atoms with Crippen LogP contribution in [0.1, 0.15) is 36.7 Å². The largest absolute Gasteiger partial charge is 0.412 e. The molecule has 0 amide bonds. The van der Waals surface area contributed by atoms with E-state index in [1.807, 2.05) is 0 Å². The van der Waals surface area contributed by atoms with Crippen LogP contribution in [0.15, 0.2) is 31.3 Å². The van der Waals surface area contributed by atoms with Gasteiger partial charge in [-0.15, -0.1) is 0 Å². The number of nitrogens with one attached hydrogen (secondary N) is 2. The molecule has 2 aromatic heterocycles. The molecule has 2 fully saturated rings. The maximum absolute atomic E-state index is 11.7. The third-order valence-electron chi connectivity index (χ3n) is 6.56. The highest BCUT2D eigenvalue weighted by Crippen LogP contribution is 2.35. The van der Waals surface area contributed by atoms with Crippen molar-refractivity contribution in [3.63, 3.8) is 0 Å². The maximum atomic E-state index is 11.7. The highest BCUT2D eigenvalue weighted by molar-refractivity contribution is 5.10. The molecule has 6 rings (SSSR count). The summed E-state index contributed by atoms with van der Waals surface area (Å²) in [5, 5.41) is 39.1. The van der Waals surface area contributed by atoms with E-state index in [0.29, 0.717) is 11.4 Å². The zero-order chi connectivity index (χ0) is 24.3. The van der Waals surface area contributed by atoms with Crippen molar-refractivity contribution in [1.29, 1.82) is 0 Å². The monoisotopic (exact) mass is 498 g/mol. The van der Waals surface area contributed by atoms with E-state index in [1.165, 1.54) is 21.3 Å². The molecule has 2 saturated heterocycles. The van der Waals surface area contributed by atoms with Crippen LogP contribution < -0.4 is 22.5 Å². The van der Waals surface area contributed by atoms with Crippen molar-refractivity contribution in [3.05, 3.63) is 65.2 Å². The van der Waals surface area contributed by atoms with Crippen molar-refractivity contribution in [1.82, 2.24) is 19.1 Å². The van der Waals surface area contributed by atoms with Crippen molar-refractivity contribution in [3.8, 4) is 0 Å². The number of H-pyrrole nitrogens is 2. The van der Waals surface area contributed by atoms with Crippen molar-refractivity contribution in [2.75, 3.05) is 0 Å². The van der Waals surface area contributed by atoms with Crippen LogP contribution in [0.25, 0.3) is 0 Å². The lowest BCUT2D eigenvalue weighted by molar-refractivity contribution is -0.0722. The molecule has 0 aliphatic carbocycles. The molecule has 0 unspecified atom stereocenters. The Morgan fingerprint density at radius 2 is 1.06 bits per heavy atom. The molecule has 0 radical (unpaired) electrons. The van der Waals surface area contributed by atoms with Crippen LogP contribution in [0, 0.1) is 0 Å². The fourth-order valence-corrected chi connectivity index (χ4v) is 5.08. The van der Waals surface area contributed by atoms with Gasteiger partial charge in [-0.1, -0.05) is 0 Å². The van der Waals surface area contributed by atoms with Crippen molar-refractivity contribution in [2.24, 2.45) is 0 Å². The third-order valence-corrected chi connectivity index (χ3v) is 6.56. The van der Waals surface area contributed by atoms with Gasteiger partial charge in [-0.25, -0.2) is 9.59 Å². The summed E-state index contributed by atoms with van der Waals surface area (Å²) in [5.41, 5.74) is -1.26. The van der Waals surface area contributed by atoms with Gasteiger partial charge in [-0.3, -0.25) is 28.7 Å². The van der Waals surface area contributed by atoms with Gasteiger partial charge in [0.05, 0.1) is 24.4 Å². The minimum absolute atomic E-state index is 0. The highest BCUT2D eigenvalue weighted by atomic mass is 16.6. The summed E-state index contributed by atoms with van der Waals surface area (Å²) in [7, 11) is 0. The first kappa shape index (κ1) is 25.2. The summed E-state index contributed by atoms with van der Waals surface area (Å²) in [5.74, 6) is 0. The lowest BCUT2D eigenvalue weighted by atomic mass is 10.0. The molecule has 4 bridgehead atoms. The van der Waals surface area contributed by atoms with Crippen LogP contribution >= 0.6 is 0 Å². The normalized spacial score (nSPS) is 34.4. The van der Waals surface area contributed by atoms with E-state index in [9.17, 15) is 39.6 Å². The fourth-order valence-electron chi connectivity index (χ4n) is 5.08. The van der Waals surface area contributed by atoms with E-state index >= 15 is 0 Å². The first-order valence-corrected chi connectivity index (χ1v) is 10.8. The molecule has 8 N–H and O–H groups in total. The zero-order valence-corrected chi connectivity index (χ0v) is 18.2. The van der Waals surface area contributed by atoms with Crippen molar-refractivity contribution in [2.45, 2.75) is 74.8 Å². The predicted octanol–water partition coefficient (Wildman–Crippen LogP) is -4.62. The van der Waals surface area contributed by atoms with Crippen LogP contribution in [0.4, 0.5) is 0 Å². The highest BCUT2D eigenvalue weighted by Gasteiger charge is 2.44. The Kier molecular flexibility index (Phi) is 6.67. The summed E-state index contributed by atoms with van der Waals surface area (Å²) in [6.07, 6.45) is -5.32. The molecule has 0 aromatic carbocycles. The van der Waals surface area contributed by atoms with Crippen molar-refractivity contribution < 1.29 is 35.4 Å². The van der Waals surface area contributed by atoms with Gasteiger partial charge in [-0.2, -0.15) is 0 Å². The van der Waals surface area contributed by atoms with Gasteiger partial charge in [0.1, 0.15) is 24.7 Å². The Balaban J connectivity index is 0.000000160. The minimum Gasteiger partial charge on any atom is -0.412 e. The number of nitrogens with zero attached hydrogens (tertiary/aromatic N) is 2. The third kappa shape index (κ3) is 4.42. The number of aliphatic hydroxyl groups excluding tert-OH is 4. The topological polar surface area (TPSA) is 241 Å². The van der Waals surface area contributed by atoms with Gasteiger partial charge in [0, 0.05) is 49.2 Å². The van der Waals surface area contributed by atoms with Crippen LogP contribution in [0.5, 0.6) is 0 Å². The maximum Gasteiger partial charge on any atom is 0.330 e. The molecule has 8 atom stereocenters. The molecular weight excluding hydrogens is 472 g/mol. The molecule has 4 aliphatic rings. The van der Waals surface area contributed by atoms with E-state index in [1.54, 1.807) is 0 Å². The second-order valence-electron chi connectivity index (χ2n) is 8.86. The molecule has 0 spiro atoms. The van der Waals surface area contributed by atoms with Gasteiger partial charge in [0.15, 0.2) is 0 Å². The average molecular weight is 498 g/mol. The number of rotatable bonds is 0. The fraction of sp³-hybridized carbons (Fsp3) is 0.600. The van der Waals surface area contributed by atoms with E-state index in [2.05, 4.69) is 9.97 Å². The van der Waals surface area contributed by atoms with Crippen LogP contribution in [0.2, 0.25) is 0 Å². The SMILES string of the molecule is O.O=c1cc2n(c(=O)[nH]1)[C@H]1C[C@H](O)[C@H](O1)[C@@H](O)C2.O=c1cc2n(c(=O)[nH]1)[C@H]1C[C@H](O)[C@H](O1)[C@@H](O)C2. The zero-order valence-electron chi connectivity index (χ0n) is 18.2. The van der Waals surface area contributed by atoms with Crippen LogP contribution in [-0.2, 0) is 22.3 Å². The lowest BCUT2D eigenvalue weighted by Crippen LogP contribution is -2.38. The molecule has 0 saturated carbocycles. The Hall–Kier alpha value is -2.92. The minimum atomic E-state index is -0.912. The van der Waals surface area contributed by atoms with Crippen LogP contribution in [0.3, 0.4) is 0 Å². The number of aromatic amines is 2. The molecule has 15 heteroatoms. The van der Waals surface area contributed by atoms with E-state index in [0.717, 1.165) is 0 Å². The van der Waals surface area contributed by atoms with Crippen molar-refractivity contribution >= 4 is 0 Å². The number of aromatic nitrogens is 4. The van der Waals surface area contributed by atoms with Gasteiger partial charge in [0.2, 0.25) is 0 Å². The Labute approximate surface area is 195 Å². The summed E-state index contributed by atoms with van der Waals surface area (Å²) in [4.78, 5) is 50.1. The van der Waals surface area contributed by atoms with E-state index in [4.69, 9.17) is 9.47 Å². The molecule has 35 heavy (non-hydrogen) atoms. The number of ether oxygens (including phenoxy) is 2. The number of aliphatic hydroxyl groups is 4.